The number of guanidine groups is 1. The first-order valence-electron chi connectivity index (χ1n) is 8.35. The number of furan rings is 1. The number of nitrogens with one attached hydrogen (secondary N) is 2. The summed E-state index contributed by atoms with van der Waals surface area (Å²) in [5.41, 5.74) is 2.14. The molecule has 134 valence electrons. The summed E-state index contributed by atoms with van der Waals surface area (Å²) in [5, 5.41) is 7.79. The fraction of sp³-hybridized carbons (Fsp3) is 0.316. The van der Waals surface area contributed by atoms with E-state index in [1.165, 1.54) is 5.56 Å². The molecule has 0 atom stereocenters. The van der Waals surface area contributed by atoms with E-state index in [1.807, 2.05) is 36.0 Å². The van der Waals surface area contributed by atoms with Gasteiger partial charge in [0.2, 0.25) is 0 Å². The summed E-state index contributed by atoms with van der Waals surface area (Å²) in [7, 11) is 2.02. The Morgan fingerprint density at radius 3 is 2.76 bits per heavy atom. The van der Waals surface area contributed by atoms with Crippen molar-refractivity contribution in [1.29, 1.82) is 0 Å². The van der Waals surface area contributed by atoms with Crippen molar-refractivity contribution in [2.24, 2.45) is 12.0 Å². The molecular weight excluding hydrogens is 427 g/mol. The Labute approximate surface area is 165 Å². The van der Waals surface area contributed by atoms with E-state index >= 15 is 0 Å². The van der Waals surface area contributed by atoms with Crippen LogP contribution in [-0.2, 0) is 20.0 Å². The van der Waals surface area contributed by atoms with Gasteiger partial charge in [-0.3, -0.25) is 0 Å². The molecule has 2 heterocycles. The molecular formula is C19H25IN4O. The summed E-state index contributed by atoms with van der Waals surface area (Å²) in [6, 6.07) is 12.3. The molecule has 0 aliphatic rings. The van der Waals surface area contributed by atoms with Gasteiger partial charge in [0, 0.05) is 44.3 Å². The SMILES string of the molecule is CCNC(=NCc1ccn(C)c1)NCCc1cc2ccccc2o1.I. The first kappa shape index (κ1) is 19.4. The third kappa shape index (κ3) is 5.52. The summed E-state index contributed by atoms with van der Waals surface area (Å²) >= 11 is 0. The van der Waals surface area contributed by atoms with Crippen molar-refractivity contribution in [3.05, 3.63) is 60.1 Å². The number of hydrogen-bond acceptors (Lipinski definition) is 2. The number of hydrogen-bond donors (Lipinski definition) is 2. The lowest BCUT2D eigenvalue weighted by Gasteiger charge is -2.10. The Kier molecular flexibility index (Phi) is 7.36. The number of aryl methyl sites for hydroxylation is 1. The number of aliphatic imine (C=N–C) groups is 1. The number of rotatable bonds is 6. The van der Waals surface area contributed by atoms with E-state index in [0.29, 0.717) is 6.54 Å². The minimum atomic E-state index is 0. The number of aromatic nitrogens is 1. The van der Waals surface area contributed by atoms with Gasteiger partial charge in [0.15, 0.2) is 5.96 Å². The van der Waals surface area contributed by atoms with Gasteiger partial charge in [-0.1, -0.05) is 18.2 Å². The van der Waals surface area contributed by atoms with E-state index in [-0.39, 0.29) is 24.0 Å². The van der Waals surface area contributed by atoms with Crippen molar-refractivity contribution in [3.8, 4) is 0 Å². The number of benzene rings is 1. The highest BCUT2D eigenvalue weighted by Crippen LogP contribution is 2.18. The van der Waals surface area contributed by atoms with Crippen LogP contribution in [0, 0.1) is 0 Å². The van der Waals surface area contributed by atoms with Crippen molar-refractivity contribution < 1.29 is 4.42 Å². The Morgan fingerprint density at radius 2 is 2.04 bits per heavy atom. The summed E-state index contributed by atoms with van der Waals surface area (Å²) < 4.78 is 7.87. The minimum absolute atomic E-state index is 0. The van der Waals surface area contributed by atoms with Gasteiger partial charge in [0.05, 0.1) is 6.54 Å². The molecule has 6 heteroatoms. The van der Waals surface area contributed by atoms with E-state index in [9.17, 15) is 0 Å². The van der Waals surface area contributed by atoms with Crippen LogP contribution in [0.25, 0.3) is 11.0 Å². The summed E-state index contributed by atoms with van der Waals surface area (Å²) in [4.78, 5) is 4.62. The summed E-state index contributed by atoms with van der Waals surface area (Å²) in [5.74, 6) is 1.82. The van der Waals surface area contributed by atoms with Gasteiger partial charge in [-0.15, -0.1) is 24.0 Å². The van der Waals surface area contributed by atoms with Gasteiger partial charge in [-0.05, 0) is 30.7 Å². The molecule has 3 aromatic rings. The molecule has 2 N–H and O–H groups in total. The fourth-order valence-electron chi connectivity index (χ4n) is 2.63. The molecule has 0 bridgehead atoms. The Hall–Kier alpha value is -1.96. The number of fused-ring (bicyclic) bond motifs is 1. The van der Waals surface area contributed by atoms with Crippen LogP contribution in [-0.4, -0.2) is 23.6 Å². The normalized spacial score (nSPS) is 11.4. The van der Waals surface area contributed by atoms with E-state index in [2.05, 4.69) is 46.9 Å². The van der Waals surface area contributed by atoms with E-state index in [4.69, 9.17) is 4.42 Å². The van der Waals surface area contributed by atoms with Gasteiger partial charge in [0.1, 0.15) is 11.3 Å². The van der Waals surface area contributed by atoms with Gasteiger partial charge >= 0.3 is 0 Å². The largest absolute Gasteiger partial charge is 0.461 e. The van der Waals surface area contributed by atoms with Crippen molar-refractivity contribution in [1.82, 2.24) is 15.2 Å². The van der Waals surface area contributed by atoms with Crippen molar-refractivity contribution in [3.63, 3.8) is 0 Å². The van der Waals surface area contributed by atoms with Crippen molar-refractivity contribution in [2.75, 3.05) is 13.1 Å². The van der Waals surface area contributed by atoms with Crippen LogP contribution in [0.5, 0.6) is 0 Å². The average molecular weight is 452 g/mol. The zero-order valence-corrected chi connectivity index (χ0v) is 17.0. The molecule has 0 aliphatic carbocycles. The van der Waals surface area contributed by atoms with E-state index in [0.717, 1.165) is 42.2 Å². The standard InChI is InChI=1S/C19H24N4O.HI/c1-3-20-19(22-13-15-9-11-23(2)14-15)21-10-8-17-12-16-6-4-5-7-18(16)24-17;/h4-7,9,11-12,14H,3,8,10,13H2,1-2H3,(H2,20,21,22);1H. The topological polar surface area (TPSA) is 54.5 Å². The van der Waals surface area contributed by atoms with E-state index < -0.39 is 0 Å². The molecule has 0 fully saturated rings. The first-order valence-corrected chi connectivity index (χ1v) is 8.35. The molecule has 0 radical (unpaired) electrons. The molecule has 0 aliphatic heterocycles. The van der Waals surface area contributed by atoms with Crippen LogP contribution in [0.1, 0.15) is 18.2 Å². The Bertz CT molecular complexity index is 789. The molecule has 2 aromatic heterocycles. The third-order valence-corrected chi connectivity index (χ3v) is 3.80. The molecule has 3 rings (SSSR count). The molecule has 5 nitrogen and oxygen atoms in total. The number of halogens is 1. The zero-order valence-electron chi connectivity index (χ0n) is 14.7. The second-order valence-electron chi connectivity index (χ2n) is 5.81. The fourth-order valence-corrected chi connectivity index (χ4v) is 2.63. The second-order valence-corrected chi connectivity index (χ2v) is 5.81. The molecule has 0 spiro atoms. The maximum Gasteiger partial charge on any atom is 0.191 e. The van der Waals surface area contributed by atoms with Gasteiger partial charge in [-0.25, -0.2) is 4.99 Å². The molecule has 0 saturated heterocycles. The lowest BCUT2D eigenvalue weighted by molar-refractivity contribution is 0.544. The van der Waals surface area contributed by atoms with Gasteiger partial charge < -0.3 is 19.6 Å². The lowest BCUT2D eigenvalue weighted by atomic mass is 10.2. The molecule has 25 heavy (non-hydrogen) atoms. The van der Waals surface area contributed by atoms with Crippen molar-refractivity contribution >= 4 is 40.9 Å². The molecule has 0 saturated carbocycles. The first-order chi connectivity index (χ1) is 11.7. The predicted molar refractivity (Wildman–Crippen MR) is 114 cm³/mol. The Balaban J connectivity index is 0.00000225. The van der Waals surface area contributed by atoms with E-state index in [1.54, 1.807) is 0 Å². The van der Waals surface area contributed by atoms with Crippen molar-refractivity contribution in [2.45, 2.75) is 19.9 Å². The number of para-hydroxylation sites is 1. The van der Waals surface area contributed by atoms with Crippen LogP contribution in [0.3, 0.4) is 0 Å². The summed E-state index contributed by atoms with van der Waals surface area (Å²) in [6.45, 7) is 4.35. The quantitative estimate of drug-likeness (QED) is 0.341. The molecule has 0 unspecified atom stereocenters. The highest BCUT2D eigenvalue weighted by Gasteiger charge is 2.04. The van der Waals surface area contributed by atoms with Crippen LogP contribution in [0.15, 0.2) is 58.2 Å². The Morgan fingerprint density at radius 1 is 1.20 bits per heavy atom. The predicted octanol–water partition coefficient (Wildman–Crippen LogP) is 3.69. The second kappa shape index (κ2) is 9.50. The summed E-state index contributed by atoms with van der Waals surface area (Å²) in [6.07, 6.45) is 4.94. The van der Waals surface area contributed by atoms with Gasteiger partial charge in [-0.2, -0.15) is 0 Å². The molecule has 1 aromatic carbocycles. The monoisotopic (exact) mass is 452 g/mol. The highest BCUT2D eigenvalue weighted by atomic mass is 127. The molecule has 0 amide bonds. The zero-order chi connectivity index (χ0) is 16.8. The number of nitrogens with zero attached hydrogens (tertiary/aromatic N) is 2. The maximum absolute atomic E-state index is 5.84. The minimum Gasteiger partial charge on any atom is -0.461 e. The average Bonchev–Trinajstić information content (AvgIpc) is 3.18. The smallest absolute Gasteiger partial charge is 0.191 e. The lowest BCUT2D eigenvalue weighted by Crippen LogP contribution is -2.38. The highest BCUT2D eigenvalue weighted by molar-refractivity contribution is 14.0. The van der Waals surface area contributed by atoms with Crippen LogP contribution >= 0.6 is 24.0 Å². The van der Waals surface area contributed by atoms with Crippen LogP contribution < -0.4 is 10.6 Å². The maximum atomic E-state index is 5.84. The van der Waals surface area contributed by atoms with Crippen LogP contribution in [0.2, 0.25) is 0 Å². The third-order valence-electron chi connectivity index (χ3n) is 3.80. The van der Waals surface area contributed by atoms with Gasteiger partial charge in [0.25, 0.3) is 0 Å². The van der Waals surface area contributed by atoms with Crippen LogP contribution in [0.4, 0.5) is 0 Å².